The minimum atomic E-state index is 0.403. The molecule has 0 aliphatic heterocycles. The molecule has 0 aromatic carbocycles. The molecule has 0 aliphatic rings. The second-order valence-electron chi connectivity index (χ2n) is 5.07. The predicted molar refractivity (Wildman–Crippen MR) is 69.5 cm³/mol. The van der Waals surface area contributed by atoms with Crippen LogP contribution in [0.3, 0.4) is 0 Å². The molecule has 0 amide bonds. The van der Waals surface area contributed by atoms with Crippen LogP contribution in [0, 0.1) is 12.3 Å². The Morgan fingerprint density at radius 3 is 2.53 bits per heavy atom. The van der Waals surface area contributed by atoms with Gasteiger partial charge in [0.25, 0.3) is 0 Å². The molecule has 1 N–H and O–H groups in total. The molecule has 2 heteroatoms. The van der Waals surface area contributed by atoms with Crippen LogP contribution in [0.1, 0.15) is 49.9 Å². The molecule has 1 aromatic rings. The zero-order chi connectivity index (χ0) is 11.5. The third kappa shape index (κ3) is 3.96. The quantitative estimate of drug-likeness (QED) is 0.794. The van der Waals surface area contributed by atoms with Crippen molar-refractivity contribution in [2.45, 2.75) is 47.1 Å². The van der Waals surface area contributed by atoms with Crippen molar-refractivity contribution in [3.05, 3.63) is 21.9 Å². The summed E-state index contributed by atoms with van der Waals surface area (Å²) in [4.78, 5) is 2.84. The van der Waals surface area contributed by atoms with Crippen molar-refractivity contribution in [1.82, 2.24) is 5.32 Å². The van der Waals surface area contributed by atoms with Crippen LogP contribution in [0.5, 0.6) is 0 Å². The van der Waals surface area contributed by atoms with Gasteiger partial charge in [0.1, 0.15) is 0 Å². The fraction of sp³-hybridized carbons (Fsp3) is 0.692. The first-order chi connectivity index (χ1) is 6.94. The molecule has 0 spiro atoms. The highest BCUT2D eigenvalue weighted by atomic mass is 32.1. The largest absolute Gasteiger partial charge is 0.309 e. The SMILES string of the molecule is CCC(C)(C)CNC(C)c1ccc(C)s1. The molecular formula is C13H23NS. The standard InChI is InChI=1S/C13H23NS/c1-6-13(4,5)9-14-11(3)12-8-7-10(2)15-12/h7-8,11,14H,6,9H2,1-5H3. The Hall–Kier alpha value is -0.340. The van der Waals surface area contributed by atoms with Crippen LogP contribution < -0.4 is 5.32 Å². The molecule has 1 unspecified atom stereocenters. The zero-order valence-corrected chi connectivity index (χ0v) is 11.4. The maximum Gasteiger partial charge on any atom is 0.0386 e. The average molecular weight is 225 g/mol. The number of nitrogens with one attached hydrogen (secondary N) is 1. The fourth-order valence-electron chi connectivity index (χ4n) is 1.34. The first-order valence-corrected chi connectivity index (χ1v) is 6.56. The van der Waals surface area contributed by atoms with Gasteiger partial charge in [0.2, 0.25) is 0 Å². The van der Waals surface area contributed by atoms with Gasteiger partial charge in [-0.05, 0) is 37.8 Å². The van der Waals surface area contributed by atoms with Gasteiger partial charge in [0.15, 0.2) is 0 Å². The average Bonchev–Trinajstić information content (AvgIpc) is 2.61. The molecule has 0 aliphatic carbocycles. The normalized spacial score (nSPS) is 14.2. The van der Waals surface area contributed by atoms with Crippen molar-refractivity contribution in [2.75, 3.05) is 6.54 Å². The molecule has 0 saturated heterocycles. The Morgan fingerprint density at radius 1 is 1.40 bits per heavy atom. The fourth-order valence-corrected chi connectivity index (χ4v) is 2.25. The summed E-state index contributed by atoms with van der Waals surface area (Å²) in [5.74, 6) is 0. The van der Waals surface area contributed by atoms with Crippen molar-refractivity contribution >= 4 is 11.3 Å². The highest BCUT2D eigenvalue weighted by molar-refractivity contribution is 7.12. The van der Waals surface area contributed by atoms with E-state index in [-0.39, 0.29) is 0 Å². The van der Waals surface area contributed by atoms with Crippen LogP contribution in [-0.2, 0) is 0 Å². The molecule has 0 bridgehead atoms. The van der Waals surface area contributed by atoms with Crippen LogP contribution in [-0.4, -0.2) is 6.54 Å². The summed E-state index contributed by atoms with van der Waals surface area (Å²) in [6.45, 7) is 12.4. The van der Waals surface area contributed by atoms with Gasteiger partial charge in [-0.15, -0.1) is 11.3 Å². The van der Waals surface area contributed by atoms with E-state index in [1.165, 1.54) is 16.2 Å². The third-order valence-electron chi connectivity index (χ3n) is 3.03. The molecule has 0 radical (unpaired) electrons. The lowest BCUT2D eigenvalue weighted by atomic mass is 9.90. The number of thiophene rings is 1. The molecule has 1 atom stereocenters. The summed E-state index contributed by atoms with van der Waals surface area (Å²) in [6, 6.07) is 4.91. The van der Waals surface area contributed by atoms with Crippen LogP contribution >= 0.6 is 11.3 Å². The maximum atomic E-state index is 3.61. The van der Waals surface area contributed by atoms with E-state index in [4.69, 9.17) is 0 Å². The second-order valence-corrected chi connectivity index (χ2v) is 6.39. The van der Waals surface area contributed by atoms with Crippen molar-refractivity contribution in [1.29, 1.82) is 0 Å². The first-order valence-electron chi connectivity index (χ1n) is 5.74. The molecule has 86 valence electrons. The lowest BCUT2D eigenvalue weighted by Gasteiger charge is -2.25. The molecule has 1 nitrogen and oxygen atoms in total. The van der Waals surface area contributed by atoms with E-state index in [0.717, 1.165) is 6.54 Å². The molecule has 15 heavy (non-hydrogen) atoms. The van der Waals surface area contributed by atoms with Gasteiger partial charge in [0, 0.05) is 22.3 Å². The van der Waals surface area contributed by atoms with Crippen molar-refractivity contribution < 1.29 is 0 Å². The first kappa shape index (κ1) is 12.7. The van der Waals surface area contributed by atoms with Crippen molar-refractivity contribution in [2.24, 2.45) is 5.41 Å². The Balaban J connectivity index is 2.46. The summed E-state index contributed by atoms with van der Waals surface area (Å²) in [5, 5.41) is 3.61. The van der Waals surface area contributed by atoms with Crippen LogP contribution in [0.4, 0.5) is 0 Å². The van der Waals surface area contributed by atoms with Crippen molar-refractivity contribution in [3.63, 3.8) is 0 Å². The minimum Gasteiger partial charge on any atom is -0.309 e. The summed E-state index contributed by atoms with van der Waals surface area (Å²) < 4.78 is 0. The highest BCUT2D eigenvalue weighted by Gasteiger charge is 2.16. The molecule has 0 saturated carbocycles. The summed E-state index contributed by atoms with van der Waals surface area (Å²) in [5.41, 5.74) is 0.403. The van der Waals surface area contributed by atoms with E-state index < -0.39 is 0 Å². The molecule has 1 aromatic heterocycles. The van der Waals surface area contributed by atoms with Gasteiger partial charge in [-0.3, -0.25) is 0 Å². The smallest absolute Gasteiger partial charge is 0.0386 e. The number of aryl methyl sites for hydroxylation is 1. The lowest BCUT2D eigenvalue weighted by Crippen LogP contribution is -2.30. The summed E-state index contributed by atoms with van der Waals surface area (Å²) in [6.07, 6.45) is 1.22. The maximum absolute atomic E-state index is 3.61. The Labute approximate surface area is 97.9 Å². The number of rotatable bonds is 5. The Bertz CT molecular complexity index is 301. The van der Waals surface area contributed by atoms with Gasteiger partial charge >= 0.3 is 0 Å². The van der Waals surface area contributed by atoms with Gasteiger partial charge in [-0.2, -0.15) is 0 Å². The highest BCUT2D eigenvalue weighted by Crippen LogP contribution is 2.24. The van der Waals surface area contributed by atoms with Crippen LogP contribution in [0.25, 0.3) is 0 Å². The minimum absolute atomic E-state index is 0.403. The number of hydrogen-bond acceptors (Lipinski definition) is 2. The van der Waals surface area contributed by atoms with Gasteiger partial charge in [0.05, 0.1) is 0 Å². The summed E-state index contributed by atoms with van der Waals surface area (Å²) in [7, 11) is 0. The van der Waals surface area contributed by atoms with Gasteiger partial charge in [-0.25, -0.2) is 0 Å². The summed E-state index contributed by atoms with van der Waals surface area (Å²) >= 11 is 1.89. The van der Waals surface area contributed by atoms with E-state index in [1.807, 2.05) is 11.3 Å². The van der Waals surface area contributed by atoms with Gasteiger partial charge < -0.3 is 5.32 Å². The second kappa shape index (κ2) is 5.13. The topological polar surface area (TPSA) is 12.0 Å². The molecule has 0 fully saturated rings. The zero-order valence-electron chi connectivity index (χ0n) is 10.6. The van der Waals surface area contributed by atoms with Gasteiger partial charge in [-0.1, -0.05) is 20.8 Å². The van der Waals surface area contributed by atoms with Crippen LogP contribution in [0.15, 0.2) is 12.1 Å². The van der Waals surface area contributed by atoms with Crippen LogP contribution in [0.2, 0.25) is 0 Å². The van der Waals surface area contributed by atoms with E-state index in [1.54, 1.807) is 0 Å². The number of hydrogen-bond donors (Lipinski definition) is 1. The van der Waals surface area contributed by atoms with E-state index in [2.05, 4.69) is 52.1 Å². The molecule has 1 rings (SSSR count). The van der Waals surface area contributed by atoms with E-state index in [9.17, 15) is 0 Å². The third-order valence-corrected chi connectivity index (χ3v) is 4.22. The van der Waals surface area contributed by atoms with Crippen molar-refractivity contribution in [3.8, 4) is 0 Å². The predicted octanol–water partition coefficient (Wildman–Crippen LogP) is 4.14. The monoisotopic (exact) mass is 225 g/mol. The van der Waals surface area contributed by atoms with E-state index in [0.29, 0.717) is 11.5 Å². The Kier molecular flexibility index (Phi) is 4.35. The molecular weight excluding hydrogens is 202 g/mol. The molecule has 1 heterocycles. The lowest BCUT2D eigenvalue weighted by molar-refractivity contribution is 0.315. The van der Waals surface area contributed by atoms with E-state index >= 15 is 0 Å². The Morgan fingerprint density at radius 2 is 2.07 bits per heavy atom.